The van der Waals surface area contributed by atoms with E-state index < -0.39 is 0 Å². The van der Waals surface area contributed by atoms with Crippen LogP contribution in [0.4, 0.5) is 0 Å². The molecule has 0 fully saturated rings. The molecule has 68 valence electrons. The highest BCUT2D eigenvalue weighted by Gasteiger charge is 2.06. The summed E-state index contributed by atoms with van der Waals surface area (Å²) in [5, 5.41) is 0. The van der Waals surface area contributed by atoms with Crippen molar-refractivity contribution >= 4 is 0 Å². The van der Waals surface area contributed by atoms with Crippen molar-refractivity contribution in [3.8, 4) is 0 Å². The lowest BCUT2D eigenvalue weighted by molar-refractivity contribution is 0.237. The lowest BCUT2D eigenvalue weighted by Crippen LogP contribution is -1.97. The third-order valence-electron chi connectivity index (χ3n) is 1.58. The number of ether oxygens (including phenoxy) is 2. The average Bonchev–Trinajstić information content (AvgIpc) is 2.12. The summed E-state index contributed by atoms with van der Waals surface area (Å²) in [7, 11) is 3.18. The average molecular weight is 168 g/mol. The van der Waals surface area contributed by atoms with Crippen LogP contribution in [0.3, 0.4) is 0 Å². The molecule has 0 aromatic carbocycles. The van der Waals surface area contributed by atoms with Crippen LogP contribution in [0.15, 0.2) is 36.3 Å². The molecule has 0 atom stereocenters. The Labute approximate surface area is 74.2 Å². The van der Waals surface area contributed by atoms with Crippen LogP contribution in [-0.4, -0.2) is 14.2 Å². The number of rotatable bonds is 5. The number of allylic oxidation sites excluding steroid dienone is 2. The zero-order valence-electron chi connectivity index (χ0n) is 8.02. The monoisotopic (exact) mass is 168 g/mol. The lowest BCUT2D eigenvalue weighted by atomic mass is 10.2. The molecule has 0 amide bonds. The fraction of sp³-hybridized carbons (Fsp3) is 0.400. The minimum Gasteiger partial charge on any atom is -0.493 e. The molecule has 0 aliphatic heterocycles. The fourth-order valence-corrected chi connectivity index (χ4v) is 0.848. The van der Waals surface area contributed by atoms with Gasteiger partial charge in [-0.1, -0.05) is 20.1 Å². The molecule has 0 heterocycles. The van der Waals surface area contributed by atoms with Crippen molar-refractivity contribution in [3.05, 3.63) is 36.3 Å². The second-order valence-corrected chi connectivity index (χ2v) is 2.26. The van der Waals surface area contributed by atoms with Crippen molar-refractivity contribution in [3.63, 3.8) is 0 Å². The molecule has 0 aromatic rings. The Balaban J connectivity index is 4.80. The molecule has 0 bridgehead atoms. The van der Waals surface area contributed by atoms with E-state index in [1.54, 1.807) is 20.3 Å². The van der Waals surface area contributed by atoms with Crippen molar-refractivity contribution in [1.29, 1.82) is 0 Å². The molecular weight excluding hydrogens is 152 g/mol. The van der Waals surface area contributed by atoms with Gasteiger partial charge in [0.15, 0.2) is 11.5 Å². The van der Waals surface area contributed by atoms with Crippen LogP contribution < -0.4 is 0 Å². The van der Waals surface area contributed by atoms with Gasteiger partial charge >= 0.3 is 0 Å². The van der Waals surface area contributed by atoms with E-state index in [-0.39, 0.29) is 0 Å². The van der Waals surface area contributed by atoms with E-state index in [1.807, 2.05) is 6.92 Å². The highest BCUT2D eigenvalue weighted by atomic mass is 16.5. The zero-order valence-corrected chi connectivity index (χ0v) is 8.02. The van der Waals surface area contributed by atoms with Gasteiger partial charge in [-0.25, -0.2) is 0 Å². The second kappa shape index (κ2) is 5.47. The molecule has 0 aliphatic rings. The summed E-state index contributed by atoms with van der Waals surface area (Å²) >= 11 is 0. The SMILES string of the molecule is C=C/C(OC)=C(/OC)C(=C)CC. The van der Waals surface area contributed by atoms with Crippen molar-refractivity contribution < 1.29 is 9.47 Å². The van der Waals surface area contributed by atoms with Crippen molar-refractivity contribution in [2.45, 2.75) is 13.3 Å². The van der Waals surface area contributed by atoms with E-state index in [9.17, 15) is 0 Å². The van der Waals surface area contributed by atoms with Gasteiger partial charge < -0.3 is 9.47 Å². The molecule has 0 rings (SSSR count). The quantitative estimate of drug-likeness (QED) is 0.464. The van der Waals surface area contributed by atoms with Crippen LogP contribution >= 0.6 is 0 Å². The first kappa shape index (κ1) is 10.8. The van der Waals surface area contributed by atoms with Crippen LogP contribution in [0.5, 0.6) is 0 Å². The van der Waals surface area contributed by atoms with Gasteiger partial charge in [-0.15, -0.1) is 0 Å². The van der Waals surface area contributed by atoms with E-state index in [0.717, 1.165) is 12.0 Å². The summed E-state index contributed by atoms with van der Waals surface area (Å²) in [5.41, 5.74) is 0.911. The predicted molar refractivity (Wildman–Crippen MR) is 50.7 cm³/mol. The Hall–Kier alpha value is -1.18. The molecule has 2 nitrogen and oxygen atoms in total. The van der Waals surface area contributed by atoms with Crippen LogP contribution in [0, 0.1) is 0 Å². The van der Waals surface area contributed by atoms with Gasteiger partial charge in [0.1, 0.15) is 0 Å². The summed E-state index contributed by atoms with van der Waals surface area (Å²) in [6.45, 7) is 9.48. The maximum absolute atomic E-state index is 5.13. The summed E-state index contributed by atoms with van der Waals surface area (Å²) in [6, 6.07) is 0. The van der Waals surface area contributed by atoms with Crippen LogP contribution in [-0.2, 0) is 9.47 Å². The molecule has 0 aromatic heterocycles. The zero-order chi connectivity index (χ0) is 9.56. The molecule has 0 unspecified atom stereocenters. The number of hydrogen-bond donors (Lipinski definition) is 0. The Morgan fingerprint density at radius 2 is 1.92 bits per heavy atom. The Bertz CT molecular complexity index is 202. The topological polar surface area (TPSA) is 18.5 Å². The highest BCUT2D eigenvalue weighted by Crippen LogP contribution is 2.17. The Morgan fingerprint density at radius 1 is 1.33 bits per heavy atom. The van der Waals surface area contributed by atoms with Gasteiger partial charge in [0.2, 0.25) is 0 Å². The third-order valence-corrected chi connectivity index (χ3v) is 1.58. The standard InChI is InChI=1S/C10H16O2/c1-6-8(3)10(12-5)9(7-2)11-4/h7H,2-3,6H2,1,4-5H3/b10-9-. The van der Waals surface area contributed by atoms with Crippen molar-refractivity contribution in [2.24, 2.45) is 0 Å². The first-order valence-electron chi connectivity index (χ1n) is 3.84. The number of hydrogen-bond acceptors (Lipinski definition) is 2. The molecule has 0 spiro atoms. The molecule has 12 heavy (non-hydrogen) atoms. The van der Waals surface area contributed by atoms with E-state index in [4.69, 9.17) is 9.47 Å². The molecule has 2 heteroatoms. The minimum absolute atomic E-state index is 0.629. The fourth-order valence-electron chi connectivity index (χ4n) is 0.848. The van der Waals surface area contributed by atoms with Gasteiger partial charge in [0.05, 0.1) is 14.2 Å². The summed E-state index contributed by atoms with van der Waals surface area (Å²) in [6.07, 6.45) is 2.45. The van der Waals surface area contributed by atoms with E-state index in [2.05, 4.69) is 13.2 Å². The number of methoxy groups -OCH3 is 2. The van der Waals surface area contributed by atoms with Gasteiger partial charge in [0.25, 0.3) is 0 Å². The van der Waals surface area contributed by atoms with Crippen LogP contribution in [0.25, 0.3) is 0 Å². The Kier molecular flexibility index (Phi) is 4.93. The molecule has 0 radical (unpaired) electrons. The van der Waals surface area contributed by atoms with Crippen LogP contribution in [0.1, 0.15) is 13.3 Å². The van der Waals surface area contributed by atoms with Gasteiger partial charge in [0, 0.05) is 0 Å². The first-order chi connectivity index (χ1) is 5.71. The van der Waals surface area contributed by atoms with Crippen molar-refractivity contribution in [2.75, 3.05) is 14.2 Å². The highest BCUT2D eigenvalue weighted by molar-refractivity contribution is 5.29. The van der Waals surface area contributed by atoms with Crippen molar-refractivity contribution in [1.82, 2.24) is 0 Å². The minimum atomic E-state index is 0.629. The molecule has 0 saturated heterocycles. The maximum atomic E-state index is 5.13. The summed E-state index contributed by atoms with van der Waals surface area (Å²) in [4.78, 5) is 0. The van der Waals surface area contributed by atoms with E-state index in [1.165, 1.54) is 0 Å². The third kappa shape index (κ3) is 2.46. The lowest BCUT2D eigenvalue weighted by Gasteiger charge is -2.11. The normalized spacial score (nSPS) is 11.6. The maximum Gasteiger partial charge on any atom is 0.163 e. The summed E-state index contributed by atoms with van der Waals surface area (Å²) in [5.74, 6) is 1.30. The van der Waals surface area contributed by atoms with Gasteiger partial charge in [-0.05, 0) is 18.1 Å². The predicted octanol–water partition coefficient (Wildman–Crippen LogP) is 2.64. The molecule has 0 saturated carbocycles. The summed E-state index contributed by atoms with van der Waals surface area (Å²) < 4.78 is 10.2. The van der Waals surface area contributed by atoms with E-state index >= 15 is 0 Å². The first-order valence-corrected chi connectivity index (χ1v) is 3.84. The van der Waals surface area contributed by atoms with Crippen LogP contribution in [0.2, 0.25) is 0 Å². The largest absolute Gasteiger partial charge is 0.493 e. The Morgan fingerprint density at radius 3 is 2.17 bits per heavy atom. The van der Waals surface area contributed by atoms with Gasteiger partial charge in [-0.2, -0.15) is 0 Å². The molecule has 0 aliphatic carbocycles. The smallest absolute Gasteiger partial charge is 0.163 e. The molecular formula is C10H16O2. The second-order valence-electron chi connectivity index (χ2n) is 2.26. The van der Waals surface area contributed by atoms with Gasteiger partial charge in [-0.3, -0.25) is 0 Å². The molecule has 0 N–H and O–H groups in total. The van der Waals surface area contributed by atoms with E-state index in [0.29, 0.717) is 11.5 Å².